The molecule has 0 saturated carbocycles. The van der Waals surface area contributed by atoms with Crippen LogP contribution in [0.5, 0.6) is 0 Å². The van der Waals surface area contributed by atoms with Gasteiger partial charge in [0.1, 0.15) is 0 Å². The fraction of sp³-hybridized carbons (Fsp3) is 0.250. The van der Waals surface area contributed by atoms with Gasteiger partial charge in [-0.25, -0.2) is 0 Å². The largest absolute Gasteiger partial charge is 0.386 e. The van der Waals surface area contributed by atoms with Crippen molar-refractivity contribution in [2.24, 2.45) is 0 Å². The molecule has 0 unspecified atom stereocenters. The van der Waals surface area contributed by atoms with E-state index in [2.05, 4.69) is 18.2 Å². The normalized spacial score (nSPS) is 11.5. The minimum Gasteiger partial charge on any atom is -0.386 e. The third kappa shape index (κ3) is 2.95. The molecule has 88 valence electrons. The second-order valence-corrected chi connectivity index (χ2v) is 4.88. The highest BCUT2D eigenvalue weighted by atomic mass is 16.3. The van der Waals surface area contributed by atoms with E-state index in [-0.39, 0.29) is 0 Å². The lowest BCUT2D eigenvalue weighted by Crippen LogP contribution is -2.18. The Balaban J connectivity index is 2.34. The van der Waals surface area contributed by atoms with Crippen molar-refractivity contribution in [3.05, 3.63) is 71.3 Å². The van der Waals surface area contributed by atoms with E-state index in [1.54, 1.807) is 0 Å². The molecule has 2 aromatic carbocycles. The lowest BCUT2D eigenvalue weighted by Gasteiger charge is -2.21. The summed E-state index contributed by atoms with van der Waals surface area (Å²) >= 11 is 0. The Morgan fingerprint density at radius 3 is 2.12 bits per heavy atom. The number of aliphatic hydroxyl groups is 1. The molecule has 0 fully saturated rings. The van der Waals surface area contributed by atoms with Crippen LogP contribution in [-0.2, 0) is 12.0 Å². The summed E-state index contributed by atoms with van der Waals surface area (Å²) in [6, 6.07) is 18.4. The Kier molecular flexibility index (Phi) is 3.30. The van der Waals surface area contributed by atoms with E-state index in [0.717, 1.165) is 12.0 Å². The summed E-state index contributed by atoms with van der Waals surface area (Å²) in [5, 5.41) is 10.1. The lowest BCUT2D eigenvalue weighted by molar-refractivity contribution is 0.0777. The van der Waals surface area contributed by atoms with Crippen LogP contribution >= 0.6 is 0 Å². The smallest absolute Gasteiger partial charge is 0.0843 e. The van der Waals surface area contributed by atoms with Crippen LogP contribution in [0.1, 0.15) is 30.5 Å². The number of rotatable bonds is 3. The molecular weight excluding hydrogens is 208 g/mol. The van der Waals surface area contributed by atoms with Gasteiger partial charge in [-0.15, -0.1) is 0 Å². The average Bonchev–Trinajstić information content (AvgIpc) is 2.30. The van der Waals surface area contributed by atoms with Crippen molar-refractivity contribution < 1.29 is 5.11 Å². The molecule has 0 radical (unpaired) electrons. The van der Waals surface area contributed by atoms with Crippen molar-refractivity contribution in [2.75, 3.05) is 0 Å². The number of hydrogen-bond acceptors (Lipinski definition) is 1. The van der Waals surface area contributed by atoms with Gasteiger partial charge in [-0.2, -0.15) is 0 Å². The van der Waals surface area contributed by atoms with Crippen molar-refractivity contribution in [3.8, 4) is 0 Å². The molecule has 0 amide bonds. The molecule has 0 aliphatic rings. The van der Waals surface area contributed by atoms with Gasteiger partial charge in [0.25, 0.3) is 0 Å². The predicted molar refractivity (Wildman–Crippen MR) is 70.9 cm³/mol. The van der Waals surface area contributed by atoms with Crippen LogP contribution in [0.3, 0.4) is 0 Å². The first-order chi connectivity index (χ1) is 8.07. The molecule has 1 nitrogen and oxygen atoms in total. The number of benzene rings is 2. The molecular formula is C16H18O. The Labute approximate surface area is 103 Å². The van der Waals surface area contributed by atoms with Gasteiger partial charge in [0, 0.05) is 0 Å². The van der Waals surface area contributed by atoms with Gasteiger partial charge in [-0.3, -0.25) is 0 Å². The van der Waals surface area contributed by atoms with E-state index in [0.29, 0.717) is 0 Å². The Morgan fingerprint density at radius 1 is 0.882 bits per heavy atom. The van der Waals surface area contributed by atoms with Crippen LogP contribution in [0.15, 0.2) is 54.6 Å². The Hall–Kier alpha value is -1.60. The first-order valence-electron chi connectivity index (χ1n) is 5.92. The molecule has 17 heavy (non-hydrogen) atoms. The molecule has 0 spiro atoms. The van der Waals surface area contributed by atoms with Crippen molar-refractivity contribution in [2.45, 2.75) is 25.9 Å². The SMILES string of the molecule is CC(C)(O)c1ccccc1Cc1ccccc1. The van der Waals surface area contributed by atoms with Gasteiger partial charge in [0.15, 0.2) is 0 Å². The quantitative estimate of drug-likeness (QED) is 0.849. The Morgan fingerprint density at radius 2 is 1.47 bits per heavy atom. The Bertz CT molecular complexity index is 480. The zero-order valence-corrected chi connectivity index (χ0v) is 10.4. The summed E-state index contributed by atoms with van der Waals surface area (Å²) in [6.45, 7) is 3.66. The zero-order chi connectivity index (χ0) is 12.3. The highest BCUT2D eigenvalue weighted by Crippen LogP contribution is 2.25. The van der Waals surface area contributed by atoms with E-state index >= 15 is 0 Å². The summed E-state index contributed by atoms with van der Waals surface area (Å²) < 4.78 is 0. The maximum atomic E-state index is 10.1. The van der Waals surface area contributed by atoms with E-state index < -0.39 is 5.60 Å². The van der Waals surface area contributed by atoms with Gasteiger partial charge >= 0.3 is 0 Å². The second-order valence-electron chi connectivity index (χ2n) is 4.88. The molecule has 0 aliphatic heterocycles. The first kappa shape index (κ1) is 11.9. The van der Waals surface area contributed by atoms with Gasteiger partial charge in [-0.1, -0.05) is 54.6 Å². The van der Waals surface area contributed by atoms with Crippen LogP contribution < -0.4 is 0 Å². The fourth-order valence-corrected chi connectivity index (χ4v) is 2.09. The van der Waals surface area contributed by atoms with Crippen LogP contribution in [0.2, 0.25) is 0 Å². The van der Waals surface area contributed by atoms with Crippen LogP contribution in [0.25, 0.3) is 0 Å². The predicted octanol–water partition coefficient (Wildman–Crippen LogP) is 3.50. The first-order valence-corrected chi connectivity index (χ1v) is 5.92. The van der Waals surface area contributed by atoms with E-state index in [9.17, 15) is 5.11 Å². The molecule has 1 heteroatoms. The summed E-state index contributed by atoms with van der Waals surface area (Å²) in [5.74, 6) is 0. The van der Waals surface area contributed by atoms with Gasteiger partial charge in [0.2, 0.25) is 0 Å². The van der Waals surface area contributed by atoms with E-state index in [1.165, 1.54) is 11.1 Å². The molecule has 0 saturated heterocycles. The highest BCUT2D eigenvalue weighted by Gasteiger charge is 2.19. The molecule has 2 aromatic rings. The molecule has 0 atom stereocenters. The van der Waals surface area contributed by atoms with Gasteiger partial charge in [0.05, 0.1) is 5.60 Å². The molecule has 2 rings (SSSR count). The highest BCUT2D eigenvalue weighted by molar-refractivity contribution is 5.35. The van der Waals surface area contributed by atoms with Crippen molar-refractivity contribution >= 4 is 0 Å². The number of hydrogen-bond donors (Lipinski definition) is 1. The topological polar surface area (TPSA) is 20.2 Å². The van der Waals surface area contributed by atoms with E-state index in [1.807, 2.05) is 50.2 Å². The van der Waals surface area contributed by atoms with Gasteiger partial charge < -0.3 is 5.11 Å². The summed E-state index contributed by atoms with van der Waals surface area (Å²) in [5.41, 5.74) is 2.67. The van der Waals surface area contributed by atoms with Crippen molar-refractivity contribution in [3.63, 3.8) is 0 Å². The molecule has 0 bridgehead atoms. The minimum atomic E-state index is -0.786. The van der Waals surface area contributed by atoms with Crippen LogP contribution in [-0.4, -0.2) is 5.11 Å². The van der Waals surface area contributed by atoms with Crippen LogP contribution in [0, 0.1) is 0 Å². The third-order valence-electron chi connectivity index (χ3n) is 2.91. The molecule has 1 N–H and O–H groups in total. The van der Waals surface area contributed by atoms with E-state index in [4.69, 9.17) is 0 Å². The molecule has 0 aromatic heterocycles. The fourth-order valence-electron chi connectivity index (χ4n) is 2.09. The maximum Gasteiger partial charge on any atom is 0.0843 e. The maximum absolute atomic E-state index is 10.1. The summed E-state index contributed by atoms with van der Waals surface area (Å²) in [7, 11) is 0. The summed E-state index contributed by atoms with van der Waals surface area (Å²) in [4.78, 5) is 0. The monoisotopic (exact) mass is 226 g/mol. The zero-order valence-electron chi connectivity index (χ0n) is 10.4. The van der Waals surface area contributed by atoms with Gasteiger partial charge in [-0.05, 0) is 37.0 Å². The third-order valence-corrected chi connectivity index (χ3v) is 2.91. The molecule has 0 heterocycles. The standard InChI is InChI=1S/C16H18O/c1-16(2,17)15-11-7-6-10-14(15)12-13-8-4-3-5-9-13/h3-11,17H,12H2,1-2H3. The summed E-state index contributed by atoms with van der Waals surface area (Å²) in [6.07, 6.45) is 0.862. The average molecular weight is 226 g/mol. The van der Waals surface area contributed by atoms with Crippen molar-refractivity contribution in [1.82, 2.24) is 0 Å². The van der Waals surface area contributed by atoms with Crippen LogP contribution in [0.4, 0.5) is 0 Å². The lowest BCUT2D eigenvalue weighted by atomic mass is 9.90. The minimum absolute atomic E-state index is 0.786. The van der Waals surface area contributed by atoms with Crippen molar-refractivity contribution in [1.29, 1.82) is 0 Å². The molecule has 0 aliphatic carbocycles. The second kappa shape index (κ2) is 4.72.